The van der Waals surface area contributed by atoms with E-state index >= 15 is 0 Å². The van der Waals surface area contributed by atoms with Crippen molar-refractivity contribution in [1.29, 1.82) is 0 Å². The van der Waals surface area contributed by atoms with Crippen LogP contribution in [0.15, 0.2) is 0 Å². The quantitative estimate of drug-likeness (QED) is 0.814. The molecule has 0 aromatic heterocycles. The summed E-state index contributed by atoms with van der Waals surface area (Å²) in [6.07, 6.45) is 4.27. The van der Waals surface area contributed by atoms with Crippen molar-refractivity contribution in [3.8, 4) is 0 Å². The van der Waals surface area contributed by atoms with Gasteiger partial charge in [-0.1, -0.05) is 13.8 Å². The van der Waals surface area contributed by atoms with E-state index in [0.717, 1.165) is 38.8 Å². The maximum Gasteiger partial charge on any atom is 0.245 e. The fourth-order valence-electron chi connectivity index (χ4n) is 3.01. The third-order valence-electron chi connectivity index (χ3n) is 4.77. The lowest BCUT2D eigenvalue weighted by Gasteiger charge is -2.27. The summed E-state index contributed by atoms with van der Waals surface area (Å²) in [6, 6.07) is -0.327. The van der Waals surface area contributed by atoms with Gasteiger partial charge in [0.25, 0.3) is 0 Å². The first-order chi connectivity index (χ1) is 8.54. The van der Waals surface area contributed by atoms with Gasteiger partial charge in [0, 0.05) is 13.1 Å². The van der Waals surface area contributed by atoms with Gasteiger partial charge in [-0.15, -0.1) is 0 Å². The SMILES string of the molecule is CC(C)C(NC(=O)C12CC1C2)C(=O)N1CCCC1. The van der Waals surface area contributed by atoms with Gasteiger partial charge in [0.15, 0.2) is 0 Å². The summed E-state index contributed by atoms with van der Waals surface area (Å²) in [4.78, 5) is 26.4. The highest BCUT2D eigenvalue weighted by Crippen LogP contribution is 2.75. The Balaban J connectivity index is 1.63. The first kappa shape index (κ1) is 12.0. The van der Waals surface area contributed by atoms with Crippen molar-refractivity contribution in [3.63, 3.8) is 0 Å². The molecule has 18 heavy (non-hydrogen) atoms. The van der Waals surface area contributed by atoms with Crippen LogP contribution in [-0.4, -0.2) is 35.8 Å². The lowest BCUT2D eigenvalue weighted by molar-refractivity contribution is -0.137. The molecule has 1 saturated heterocycles. The minimum Gasteiger partial charge on any atom is -0.344 e. The van der Waals surface area contributed by atoms with Gasteiger partial charge in [-0.3, -0.25) is 9.59 Å². The van der Waals surface area contributed by atoms with Gasteiger partial charge < -0.3 is 10.2 Å². The number of nitrogens with zero attached hydrogens (tertiary/aromatic N) is 1. The van der Waals surface area contributed by atoms with Crippen LogP contribution < -0.4 is 5.32 Å². The number of nitrogens with one attached hydrogen (secondary N) is 1. The van der Waals surface area contributed by atoms with Crippen molar-refractivity contribution in [2.24, 2.45) is 17.3 Å². The molecule has 4 nitrogen and oxygen atoms in total. The number of hydrogen-bond acceptors (Lipinski definition) is 2. The van der Waals surface area contributed by atoms with E-state index in [4.69, 9.17) is 0 Å². The predicted molar refractivity (Wildman–Crippen MR) is 67.7 cm³/mol. The lowest BCUT2D eigenvalue weighted by atomic mass is 10.0. The van der Waals surface area contributed by atoms with Gasteiger partial charge in [0.05, 0.1) is 5.41 Å². The van der Waals surface area contributed by atoms with Crippen LogP contribution in [0.3, 0.4) is 0 Å². The van der Waals surface area contributed by atoms with Crippen LogP contribution in [0.5, 0.6) is 0 Å². The average Bonchev–Trinajstić information content (AvgIpc) is 3.10. The fraction of sp³-hybridized carbons (Fsp3) is 0.857. The highest BCUT2D eigenvalue weighted by atomic mass is 16.2. The third-order valence-corrected chi connectivity index (χ3v) is 4.77. The van der Waals surface area contributed by atoms with E-state index in [-0.39, 0.29) is 29.2 Å². The number of carbonyl (C=O) groups is 2. The summed E-state index contributed by atoms with van der Waals surface area (Å²) >= 11 is 0. The highest BCUT2D eigenvalue weighted by Gasteiger charge is 2.74. The number of amides is 2. The van der Waals surface area contributed by atoms with E-state index < -0.39 is 0 Å². The van der Waals surface area contributed by atoms with E-state index in [1.165, 1.54) is 0 Å². The number of fused-ring (bicyclic) bond motifs is 1. The van der Waals surface area contributed by atoms with Gasteiger partial charge in [-0.2, -0.15) is 0 Å². The Kier molecular flexibility index (Phi) is 2.65. The van der Waals surface area contributed by atoms with E-state index in [9.17, 15) is 9.59 Å². The molecule has 2 aliphatic carbocycles. The highest BCUT2D eigenvalue weighted by molar-refractivity contribution is 5.94. The Hall–Kier alpha value is -1.06. The number of hydrogen-bond donors (Lipinski definition) is 1. The van der Waals surface area contributed by atoms with Gasteiger partial charge in [-0.05, 0) is 37.5 Å². The van der Waals surface area contributed by atoms with E-state index in [1.807, 2.05) is 18.7 Å². The fourth-order valence-corrected chi connectivity index (χ4v) is 3.01. The van der Waals surface area contributed by atoms with Crippen LogP contribution in [0.2, 0.25) is 0 Å². The zero-order valence-electron chi connectivity index (χ0n) is 11.2. The number of likely N-dealkylation sites (tertiary alicyclic amines) is 1. The standard InChI is InChI=1S/C14H22N2O2/c1-9(2)11(12(17)16-5-3-4-6-16)15-13(18)14-7-10(14)8-14/h9-11H,3-8H2,1-2H3,(H,15,18). The van der Waals surface area contributed by atoms with Crippen LogP contribution in [0, 0.1) is 17.3 Å². The topological polar surface area (TPSA) is 49.4 Å². The van der Waals surface area contributed by atoms with Crippen molar-refractivity contribution in [2.45, 2.75) is 45.6 Å². The van der Waals surface area contributed by atoms with Crippen LogP contribution >= 0.6 is 0 Å². The maximum absolute atomic E-state index is 12.4. The third kappa shape index (κ3) is 1.82. The largest absolute Gasteiger partial charge is 0.344 e. The molecule has 1 atom stereocenters. The van der Waals surface area contributed by atoms with Crippen molar-refractivity contribution in [1.82, 2.24) is 10.2 Å². The molecule has 0 bridgehead atoms. The van der Waals surface area contributed by atoms with E-state index in [0.29, 0.717) is 5.92 Å². The molecule has 4 heteroatoms. The molecule has 2 saturated carbocycles. The molecule has 3 rings (SSSR count). The monoisotopic (exact) mass is 250 g/mol. The minimum atomic E-state index is -0.327. The Morgan fingerprint density at radius 1 is 1.22 bits per heavy atom. The summed E-state index contributed by atoms with van der Waals surface area (Å²) in [5, 5.41) is 3.01. The summed E-state index contributed by atoms with van der Waals surface area (Å²) in [6.45, 7) is 5.72. The summed E-state index contributed by atoms with van der Waals surface area (Å²) in [5.74, 6) is 1.03. The first-order valence-electron chi connectivity index (χ1n) is 7.14. The maximum atomic E-state index is 12.4. The van der Waals surface area contributed by atoms with Crippen molar-refractivity contribution in [2.75, 3.05) is 13.1 Å². The van der Waals surface area contributed by atoms with Crippen LogP contribution in [0.25, 0.3) is 0 Å². The van der Waals surface area contributed by atoms with Crippen LogP contribution in [0.1, 0.15) is 39.5 Å². The molecule has 100 valence electrons. The summed E-state index contributed by atoms with van der Waals surface area (Å²) in [5.41, 5.74) is -0.0432. The lowest BCUT2D eigenvalue weighted by Crippen LogP contribution is -2.51. The first-order valence-corrected chi connectivity index (χ1v) is 7.14. The molecule has 1 N–H and O–H groups in total. The molecule has 2 amide bonds. The molecule has 0 radical (unpaired) electrons. The molecular formula is C14H22N2O2. The minimum absolute atomic E-state index is 0.0432. The molecule has 3 fully saturated rings. The van der Waals surface area contributed by atoms with Crippen molar-refractivity contribution < 1.29 is 9.59 Å². The zero-order chi connectivity index (χ0) is 12.9. The van der Waals surface area contributed by atoms with Crippen LogP contribution in [0.4, 0.5) is 0 Å². The predicted octanol–water partition coefficient (Wildman–Crippen LogP) is 1.16. The van der Waals surface area contributed by atoms with Gasteiger partial charge >= 0.3 is 0 Å². The Bertz CT molecular complexity index is 379. The van der Waals surface area contributed by atoms with Crippen molar-refractivity contribution >= 4 is 11.8 Å². The Morgan fingerprint density at radius 2 is 1.78 bits per heavy atom. The number of rotatable bonds is 4. The molecule has 0 spiro atoms. The van der Waals surface area contributed by atoms with E-state index in [2.05, 4.69) is 5.32 Å². The second-order valence-electron chi connectivity index (χ2n) is 6.49. The van der Waals surface area contributed by atoms with Gasteiger partial charge in [0.2, 0.25) is 11.8 Å². The Labute approximate surface area is 108 Å². The molecule has 3 aliphatic rings. The normalized spacial score (nSPS) is 34.2. The Morgan fingerprint density at radius 3 is 2.22 bits per heavy atom. The summed E-state index contributed by atoms with van der Waals surface area (Å²) < 4.78 is 0. The van der Waals surface area contributed by atoms with Gasteiger partial charge in [-0.25, -0.2) is 0 Å². The second-order valence-corrected chi connectivity index (χ2v) is 6.49. The molecule has 1 unspecified atom stereocenters. The molecule has 1 aliphatic heterocycles. The molecule has 1 heterocycles. The second kappa shape index (κ2) is 3.97. The molecule has 0 aromatic carbocycles. The molecule has 0 aromatic rings. The molecular weight excluding hydrogens is 228 g/mol. The van der Waals surface area contributed by atoms with Crippen LogP contribution in [-0.2, 0) is 9.59 Å². The zero-order valence-corrected chi connectivity index (χ0v) is 11.2. The smallest absolute Gasteiger partial charge is 0.245 e. The van der Waals surface area contributed by atoms with Crippen molar-refractivity contribution in [3.05, 3.63) is 0 Å². The van der Waals surface area contributed by atoms with Gasteiger partial charge in [0.1, 0.15) is 6.04 Å². The van der Waals surface area contributed by atoms with E-state index in [1.54, 1.807) is 0 Å². The summed E-state index contributed by atoms with van der Waals surface area (Å²) in [7, 11) is 0. The number of carbonyl (C=O) groups excluding carboxylic acids is 2. The average molecular weight is 250 g/mol.